The second kappa shape index (κ2) is 4.61. The van der Waals surface area contributed by atoms with Gasteiger partial charge >= 0.3 is 5.88 Å². The number of nitrogens with zero attached hydrogens (tertiary/aromatic N) is 2. The summed E-state index contributed by atoms with van der Waals surface area (Å²) in [5.41, 5.74) is 0.627. The molecule has 1 aliphatic rings. The number of nitro groups is 1. The molecule has 21 heavy (non-hydrogen) atoms. The average molecular weight is 282 g/mol. The van der Waals surface area contributed by atoms with E-state index in [0.717, 1.165) is 0 Å². The zero-order valence-corrected chi connectivity index (χ0v) is 10.4. The molecule has 2 aromatic rings. The van der Waals surface area contributed by atoms with Crippen molar-refractivity contribution >= 4 is 17.7 Å². The van der Waals surface area contributed by atoms with Gasteiger partial charge in [-0.15, -0.1) is 0 Å². The summed E-state index contributed by atoms with van der Waals surface area (Å²) in [6, 6.07) is 8.98. The van der Waals surface area contributed by atoms with E-state index in [-0.39, 0.29) is 17.1 Å². The summed E-state index contributed by atoms with van der Waals surface area (Å²) >= 11 is 0. The standard InChI is InChI=1S/C14H6N2O5/c15-7-8-1-3-11-10(5-8)14(17)12(21-11)6-9-2-4-13(20-9)16(18)19/h1-6H/b12-6-. The first-order chi connectivity index (χ1) is 10.1. The lowest BCUT2D eigenvalue weighted by molar-refractivity contribution is -0.402. The summed E-state index contributed by atoms with van der Waals surface area (Å²) in [5, 5.41) is 19.3. The molecule has 0 saturated heterocycles. The van der Waals surface area contributed by atoms with Crippen LogP contribution in [-0.2, 0) is 0 Å². The Labute approximate surface area is 117 Å². The average Bonchev–Trinajstić information content (AvgIpc) is 3.05. The van der Waals surface area contributed by atoms with Crippen molar-refractivity contribution in [3.63, 3.8) is 0 Å². The number of ether oxygens (including phenoxy) is 1. The van der Waals surface area contributed by atoms with Crippen molar-refractivity contribution < 1.29 is 18.9 Å². The molecule has 1 aliphatic heterocycles. The summed E-state index contributed by atoms with van der Waals surface area (Å²) < 4.78 is 10.3. The summed E-state index contributed by atoms with van der Waals surface area (Å²) in [6.45, 7) is 0. The molecule has 0 radical (unpaired) electrons. The number of carbonyl (C=O) groups excluding carboxylic acids is 1. The molecule has 2 heterocycles. The molecule has 102 valence electrons. The number of ketones is 1. The smallest absolute Gasteiger partial charge is 0.433 e. The van der Waals surface area contributed by atoms with Gasteiger partial charge in [-0.1, -0.05) is 0 Å². The van der Waals surface area contributed by atoms with Crippen LogP contribution in [-0.4, -0.2) is 10.7 Å². The van der Waals surface area contributed by atoms with Gasteiger partial charge in [-0.05, 0) is 24.3 Å². The quantitative estimate of drug-likeness (QED) is 0.476. The van der Waals surface area contributed by atoms with Gasteiger partial charge in [0, 0.05) is 6.08 Å². The maximum Gasteiger partial charge on any atom is 0.433 e. The highest BCUT2D eigenvalue weighted by Crippen LogP contribution is 2.32. The van der Waals surface area contributed by atoms with Crippen LogP contribution in [0.4, 0.5) is 5.88 Å². The van der Waals surface area contributed by atoms with Crippen molar-refractivity contribution in [1.82, 2.24) is 0 Å². The molecule has 0 unspecified atom stereocenters. The molecule has 0 atom stereocenters. The van der Waals surface area contributed by atoms with Crippen LogP contribution in [0.1, 0.15) is 21.7 Å². The van der Waals surface area contributed by atoms with Gasteiger partial charge in [-0.3, -0.25) is 14.9 Å². The van der Waals surface area contributed by atoms with Gasteiger partial charge in [0.25, 0.3) is 0 Å². The van der Waals surface area contributed by atoms with Crippen LogP contribution in [0.25, 0.3) is 6.08 Å². The predicted octanol–water partition coefficient (Wildman–Crippen LogP) is 2.68. The van der Waals surface area contributed by atoms with E-state index in [9.17, 15) is 14.9 Å². The van der Waals surface area contributed by atoms with Crippen LogP contribution in [0, 0.1) is 21.4 Å². The molecule has 3 rings (SSSR count). The van der Waals surface area contributed by atoms with Crippen LogP contribution in [0.5, 0.6) is 5.75 Å². The van der Waals surface area contributed by atoms with Crippen molar-refractivity contribution in [3.05, 3.63) is 63.1 Å². The Morgan fingerprint density at radius 1 is 1.29 bits per heavy atom. The molecule has 1 aromatic carbocycles. The monoisotopic (exact) mass is 282 g/mol. The Bertz CT molecular complexity index is 841. The van der Waals surface area contributed by atoms with E-state index in [1.165, 1.54) is 36.4 Å². The van der Waals surface area contributed by atoms with Gasteiger partial charge in [0.05, 0.1) is 23.3 Å². The normalized spacial score (nSPS) is 14.6. The number of hydrogen-bond acceptors (Lipinski definition) is 6. The van der Waals surface area contributed by atoms with Crippen LogP contribution in [0.2, 0.25) is 0 Å². The molecule has 0 saturated carbocycles. The van der Waals surface area contributed by atoms with E-state index in [4.69, 9.17) is 14.4 Å². The van der Waals surface area contributed by atoms with E-state index in [1.807, 2.05) is 6.07 Å². The predicted molar refractivity (Wildman–Crippen MR) is 69.5 cm³/mol. The van der Waals surface area contributed by atoms with Gasteiger partial charge in [-0.2, -0.15) is 5.26 Å². The zero-order valence-electron chi connectivity index (χ0n) is 10.4. The maximum atomic E-state index is 12.1. The Morgan fingerprint density at radius 3 is 2.76 bits per heavy atom. The molecular weight excluding hydrogens is 276 g/mol. The van der Waals surface area contributed by atoms with Crippen LogP contribution >= 0.6 is 0 Å². The number of carbonyl (C=O) groups is 1. The number of furan rings is 1. The highest BCUT2D eigenvalue weighted by Gasteiger charge is 2.28. The van der Waals surface area contributed by atoms with Crippen LogP contribution < -0.4 is 4.74 Å². The van der Waals surface area contributed by atoms with Crippen LogP contribution in [0.3, 0.4) is 0 Å². The van der Waals surface area contributed by atoms with Gasteiger partial charge in [0.2, 0.25) is 5.78 Å². The Balaban J connectivity index is 1.95. The minimum atomic E-state index is -0.673. The van der Waals surface area contributed by atoms with E-state index in [2.05, 4.69) is 0 Å². The van der Waals surface area contributed by atoms with Crippen molar-refractivity contribution in [3.8, 4) is 11.8 Å². The molecule has 0 N–H and O–H groups in total. The second-order valence-electron chi connectivity index (χ2n) is 4.20. The fourth-order valence-electron chi connectivity index (χ4n) is 1.91. The van der Waals surface area contributed by atoms with Gasteiger partial charge in [0.15, 0.2) is 5.76 Å². The molecule has 0 aliphatic carbocycles. The first-order valence-electron chi connectivity index (χ1n) is 5.81. The van der Waals surface area contributed by atoms with Gasteiger partial charge < -0.3 is 9.15 Å². The van der Waals surface area contributed by atoms with Gasteiger partial charge in [0.1, 0.15) is 16.4 Å². The number of nitriles is 1. The van der Waals surface area contributed by atoms with Gasteiger partial charge in [-0.25, -0.2) is 0 Å². The number of hydrogen-bond donors (Lipinski definition) is 0. The van der Waals surface area contributed by atoms with Crippen molar-refractivity contribution in [2.24, 2.45) is 0 Å². The topological polar surface area (TPSA) is 106 Å². The molecule has 0 bridgehead atoms. The molecule has 0 spiro atoms. The molecule has 0 amide bonds. The largest absolute Gasteiger partial charge is 0.452 e. The SMILES string of the molecule is N#Cc1ccc2c(c1)C(=O)/C(=C/c1ccc([N+](=O)[O-])o1)O2. The lowest BCUT2D eigenvalue weighted by atomic mass is 10.1. The minimum Gasteiger partial charge on any atom is -0.452 e. The minimum absolute atomic E-state index is 0.00987. The van der Waals surface area contributed by atoms with Crippen molar-refractivity contribution in [2.45, 2.75) is 0 Å². The van der Waals surface area contributed by atoms with E-state index in [0.29, 0.717) is 11.3 Å². The summed E-state index contributed by atoms with van der Waals surface area (Å²) in [7, 11) is 0. The molecule has 7 heteroatoms. The Kier molecular flexibility index (Phi) is 2.77. The summed E-state index contributed by atoms with van der Waals surface area (Å²) in [5.74, 6) is -0.355. The number of Topliss-reactive ketones (excluding diaryl/α,β-unsaturated/α-hetero) is 1. The van der Waals surface area contributed by atoms with Crippen molar-refractivity contribution in [2.75, 3.05) is 0 Å². The summed E-state index contributed by atoms with van der Waals surface area (Å²) in [6.07, 6.45) is 1.28. The third kappa shape index (κ3) is 2.15. The Hall–Kier alpha value is -3.40. The number of fused-ring (bicyclic) bond motifs is 1. The first-order valence-corrected chi connectivity index (χ1v) is 5.81. The van der Waals surface area contributed by atoms with Crippen LogP contribution in [0.15, 0.2) is 40.5 Å². The lowest BCUT2D eigenvalue weighted by Crippen LogP contribution is -1.97. The fourth-order valence-corrected chi connectivity index (χ4v) is 1.91. The van der Waals surface area contributed by atoms with Crippen molar-refractivity contribution in [1.29, 1.82) is 5.26 Å². The number of allylic oxidation sites excluding steroid dienone is 1. The number of rotatable bonds is 2. The maximum absolute atomic E-state index is 12.1. The highest BCUT2D eigenvalue weighted by atomic mass is 16.6. The first kappa shape index (κ1) is 12.6. The third-order valence-corrected chi connectivity index (χ3v) is 2.86. The molecule has 7 nitrogen and oxygen atoms in total. The molecule has 1 aromatic heterocycles. The third-order valence-electron chi connectivity index (χ3n) is 2.86. The van der Waals surface area contributed by atoms with E-state index < -0.39 is 16.6 Å². The second-order valence-corrected chi connectivity index (χ2v) is 4.20. The number of benzene rings is 1. The molecule has 0 fully saturated rings. The lowest BCUT2D eigenvalue weighted by Gasteiger charge is -1.96. The zero-order chi connectivity index (χ0) is 15.0. The Morgan fingerprint density at radius 2 is 2.10 bits per heavy atom. The molecular formula is C14H6N2O5. The summed E-state index contributed by atoms with van der Waals surface area (Å²) in [4.78, 5) is 22.0. The highest BCUT2D eigenvalue weighted by molar-refractivity contribution is 6.14. The fraction of sp³-hybridized carbons (Fsp3) is 0. The van der Waals surface area contributed by atoms with E-state index >= 15 is 0 Å². The van der Waals surface area contributed by atoms with E-state index in [1.54, 1.807) is 0 Å².